The summed E-state index contributed by atoms with van der Waals surface area (Å²) >= 11 is 5.56. The first-order chi connectivity index (χ1) is 16.4. The van der Waals surface area contributed by atoms with Gasteiger partial charge in [0.1, 0.15) is 0 Å². The normalized spacial score (nSPS) is 11.6. The molecule has 0 spiro atoms. The smallest absolute Gasteiger partial charge is 0.417 e. The summed E-state index contributed by atoms with van der Waals surface area (Å²) in [5.74, 6) is 0.644. The molecule has 3 aromatic carbocycles. The van der Waals surface area contributed by atoms with Crippen LogP contribution in [-0.2, 0) is 27.4 Å². The van der Waals surface area contributed by atoms with E-state index in [0.717, 1.165) is 12.1 Å². The number of anilines is 2. The lowest BCUT2D eigenvalue weighted by atomic mass is 10.1. The fraction of sp³-hybridized carbons (Fsp3) is 0.174. The Hall–Kier alpha value is -3.44. The molecule has 0 aromatic heterocycles. The Morgan fingerprint density at radius 3 is 2.14 bits per heavy atom. The Bertz CT molecular complexity index is 1330. The van der Waals surface area contributed by atoms with Crippen molar-refractivity contribution in [1.82, 2.24) is 0 Å². The van der Waals surface area contributed by atoms with Crippen molar-refractivity contribution in [1.29, 1.82) is 0 Å². The molecule has 0 saturated carbocycles. The van der Waals surface area contributed by atoms with E-state index in [2.05, 4.69) is 10.0 Å². The average Bonchev–Trinajstić information content (AvgIpc) is 2.79. The van der Waals surface area contributed by atoms with Gasteiger partial charge in [-0.1, -0.05) is 17.7 Å². The fourth-order valence-corrected chi connectivity index (χ4v) is 4.39. The number of hydrogen-bond donors (Lipinski definition) is 2. The van der Waals surface area contributed by atoms with Crippen molar-refractivity contribution in [3.63, 3.8) is 0 Å². The Morgan fingerprint density at radius 2 is 1.54 bits per heavy atom. The van der Waals surface area contributed by atoms with E-state index < -0.39 is 26.8 Å². The number of halogens is 4. The monoisotopic (exact) mass is 528 g/mol. The highest BCUT2D eigenvalue weighted by Crippen LogP contribution is 2.36. The topological polar surface area (TPSA) is 93.7 Å². The Morgan fingerprint density at radius 1 is 0.914 bits per heavy atom. The first-order valence-corrected chi connectivity index (χ1v) is 11.8. The van der Waals surface area contributed by atoms with E-state index in [9.17, 15) is 26.4 Å². The Labute approximate surface area is 204 Å². The van der Waals surface area contributed by atoms with Crippen LogP contribution < -0.4 is 19.5 Å². The molecule has 186 valence electrons. The minimum atomic E-state index is -4.74. The molecule has 2 N–H and O–H groups in total. The lowest BCUT2D eigenvalue weighted by Crippen LogP contribution is -2.16. The molecule has 0 heterocycles. The number of nitrogens with one attached hydrogen (secondary N) is 2. The zero-order chi connectivity index (χ0) is 25.8. The second kappa shape index (κ2) is 10.4. The lowest BCUT2D eigenvalue weighted by molar-refractivity contribution is -0.137. The molecule has 7 nitrogen and oxygen atoms in total. The van der Waals surface area contributed by atoms with Crippen LogP contribution in [0.25, 0.3) is 0 Å². The van der Waals surface area contributed by atoms with Crippen molar-refractivity contribution in [2.24, 2.45) is 0 Å². The van der Waals surface area contributed by atoms with Crippen LogP contribution in [0.3, 0.4) is 0 Å². The predicted molar refractivity (Wildman–Crippen MR) is 126 cm³/mol. The fourth-order valence-electron chi connectivity index (χ4n) is 3.12. The van der Waals surface area contributed by atoms with E-state index >= 15 is 0 Å². The summed E-state index contributed by atoms with van der Waals surface area (Å²) in [6.45, 7) is 0. The number of sulfonamides is 1. The van der Waals surface area contributed by atoms with E-state index in [1.165, 1.54) is 38.5 Å². The van der Waals surface area contributed by atoms with Gasteiger partial charge in [-0.15, -0.1) is 0 Å². The van der Waals surface area contributed by atoms with E-state index in [-0.39, 0.29) is 22.9 Å². The van der Waals surface area contributed by atoms with Crippen LogP contribution in [0.4, 0.5) is 24.5 Å². The molecule has 35 heavy (non-hydrogen) atoms. The predicted octanol–water partition coefficient (Wildman–Crippen LogP) is 5.36. The molecule has 0 aliphatic heterocycles. The minimum absolute atomic E-state index is 0.0278. The zero-order valence-corrected chi connectivity index (χ0v) is 20.0. The highest BCUT2D eigenvalue weighted by atomic mass is 35.5. The second-order valence-electron chi connectivity index (χ2n) is 7.24. The number of carbonyl (C=O) groups is 1. The van der Waals surface area contributed by atoms with E-state index in [1.807, 2.05) is 0 Å². The molecule has 0 fully saturated rings. The van der Waals surface area contributed by atoms with Gasteiger partial charge in [-0.2, -0.15) is 13.2 Å². The molecule has 0 aliphatic carbocycles. The van der Waals surface area contributed by atoms with Crippen LogP contribution in [0.1, 0.15) is 11.1 Å². The molecule has 0 saturated heterocycles. The van der Waals surface area contributed by atoms with Gasteiger partial charge in [0.25, 0.3) is 10.0 Å². The molecule has 0 bridgehead atoms. The summed E-state index contributed by atoms with van der Waals surface area (Å²) in [5.41, 5.74) is -0.453. The van der Waals surface area contributed by atoms with Crippen molar-refractivity contribution in [3.05, 3.63) is 76.8 Å². The summed E-state index contributed by atoms with van der Waals surface area (Å²) in [7, 11) is -1.22. The Kier molecular flexibility index (Phi) is 7.81. The van der Waals surface area contributed by atoms with Crippen LogP contribution in [0.15, 0.2) is 65.6 Å². The van der Waals surface area contributed by atoms with Crippen LogP contribution >= 0.6 is 11.6 Å². The third kappa shape index (κ3) is 6.58. The molecule has 0 radical (unpaired) electrons. The number of rotatable bonds is 8. The van der Waals surface area contributed by atoms with Crippen LogP contribution in [-0.4, -0.2) is 28.5 Å². The summed E-state index contributed by atoms with van der Waals surface area (Å²) in [5, 5.41) is 2.10. The van der Waals surface area contributed by atoms with Crippen LogP contribution in [0.2, 0.25) is 5.02 Å². The maximum absolute atomic E-state index is 13.0. The molecular weight excluding hydrogens is 509 g/mol. The summed E-state index contributed by atoms with van der Waals surface area (Å²) in [6, 6.07) is 12.9. The first-order valence-electron chi connectivity index (χ1n) is 9.93. The molecule has 0 atom stereocenters. The maximum atomic E-state index is 13.0. The van der Waals surface area contributed by atoms with Gasteiger partial charge < -0.3 is 14.8 Å². The van der Waals surface area contributed by atoms with Crippen LogP contribution in [0, 0.1) is 0 Å². The number of methoxy groups -OCH3 is 2. The minimum Gasteiger partial charge on any atom is -0.493 e. The molecular formula is C23H20ClF3N2O5S. The van der Waals surface area contributed by atoms with Crippen molar-refractivity contribution in [2.45, 2.75) is 17.5 Å². The summed E-state index contributed by atoms with van der Waals surface area (Å²) < 4.78 is 76.8. The van der Waals surface area contributed by atoms with Crippen LogP contribution in [0.5, 0.6) is 11.5 Å². The molecule has 12 heteroatoms. The van der Waals surface area contributed by atoms with Crippen molar-refractivity contribution >= 4 is 38.9 Å². The largest absolute Gasteiger partial charge is 0.493 e. The van der Waals surface area contributed by atoms with Gasteiger partial charge in [-0.25, -0.2) is 8.42 Å². The van der Waals surface area contributed by atoms with Gasteiger partial charge in [-0.3, -0.25) is 9.52 Å². The lowest BCUT2D eigenvalue weighted by Gasteiger charge is -2.13. The number of hydrogen-bond acceptors (Lipinski definition) is 5. The average molecular weight is 529 g/mol. The van der Waals surface area contributed by atoms with Gasteiger partial charge in [0.05, 0.1) is 36.1 Å². The number of ether oxygens (including phenoxy) is 2. The standard InChI is InChI=1S/C23H20ClF3N2O5S/c1-33-20-10-3-14(11-21(20)34-2)12-22(30)28-15-4-7-17(8-5-15)35(31,32)29-16-6-9-19(24)18(13-16)23(25,26)27/h3-11,13,29H,12H2,1-2H3,(H,28,30). The van der Waals surface area contributed by atoms with E-state index in [0.29, 0.717) is 28.8 Å². The van der Waals surface area contributed by atoms with Gasteiger partial charge in [0, 0.05) is 11.4 Å². The summed E-state index contributed by atoms with van der Waals surface area (Å²) in [4.78, 5) is 12.2. The quantitative estimate of drug-likeness (QED) is 0.410. The first kappa shape index (κ1) is 26.2. The third-order valence-corrected chi connectivity index (χ3v) is 6.51. The SMILES string of the molecule is COc1ccc(CC(=O)Nc2ccc(S(=O)(=O)Nc3ccc(Cl)c(C(F)(F)F)c3)cc2)cc1OC. The van der Waals surface area contributed by atoms with Crippen molar-refractivity contribution in [3.8, 4) is 11.5 Å². The molecule has 3 rings (SSSR count). The molecule has 3 aromatic rings. The number of benzene rings is 3. The second-order valence-corrected chi connectivity index (χ2v) is 9.33. The van der Waals surface area contributed by atoms with E-state index in [4.69, 9.17) is 21.1 Å². The highest BCUT2D eigenvalue weighted by Gasteiger charge is 2.33. The zero-order valence-electron chi connectivity index (χ0n) is 18.4. The molecule has 1 amide bonds. The van der Waals surface area contributed by atoms with Crippen molar-refractivity contribution in [2.75, 3.05) is 24.3 Å². The number of alkyl halides is 3. The summed E-state index contributed by atoms with van der Waals surface area (Å²) in [6.07, 6.45) is -4.71. The van der Waals surface area contributed by atoms with Gasteiger partial charge in [0.2, 0.25) is 5.91 Å². The van der Waals surface area contributed by atoms with Gasteiger partial charge in [0.15, 0.2) is 11.5 Å². The Balaban J connectivity index is 1.69. The van der Waals surface area contributed by atoms with E-state index in [1.54, 1.807) is 18.2 Å². The third-order valence-electron chi connectivity index (χ3n) is 4.78. The van der Waals surface area contributed by atoms with Crippen molar-refractivity contribution < 1.29 is 35.9 Å². The molecule has 0 aliphatic rings. The highest BCUT2D eigenvalue weighted by molar-refractivity contribution is 7.92. The van der Waals surface area contributed by atoms with Gasteiger partial charge in [-0.05, 0) is 60.2 Å². The number of carbonyl (C=O) groups excluding carboxylic acids is 1. The molecule has 0 unspecified atom stereocenters. The maximum Gasteiger partial charge on any atom is 0.417 e. The van der Waals surface area contributed by atoms with Gasteiger partial charge >= 0.3 is 6.18 Å². The number of amides is 1.